The van der Waals surface area contributed by atoms with E-state index in [1.54, 1.807) is 0 Å². The van der Waals surface area contributed by atoms with Gasteiger partial charge < -0.3 is 30.0 Å². The molecule has 4 aliphatic heterocycles. The van der Waals surface area contributed by atoms with Gasteiger partial charge in [0.2, 0.25) is 0 Å². The predicted octanol–water partition coefficient (Wildman–Crippen LogP) is 7.75. The molecule has 0 aliphatic carbocycles. The van der Waals surface area contributed by atoms with Gasteiger partial charge in [-0.3, -0.25) is 29.8 Å². The van der Waals surface area contributed by atoms with E-state index in [0.717, 1.165) is 117 Å². The number of fused-ring (bicyclic) bond motifs is 4. The summed E-state index contributed by atoms with van der Waals surface area (Å²) in [6, 6.07) is 17.6. The number of hydrogen-bond donors (Lipinski definition) is 6. The molecule has 2 saturated heterocycles. The number of urea groups is 1. The van der Waals surface area contributed by atoms with Gasteiger partial charge in [0.1, 0.15) is 23.7 Å². The quantitative estimate of drug-likeness (QED) is 0.0786. The van der Waals surface area contributed by atoms with E-state index in [1.165, 1.54) is 24.3 Å². The number of carbonyl (C=O) groups is 1. The van der Waals surface area contributed by atoms with Gasteiger partial charge >= 0.3 is 6.03 Å². The molecule has 8 heterocycles. The average Bonchev–Trinajstić information content (AvgIpc) is 4.27. The van der Waals surface area contributed by atoms with Gasteiger partial charge in [0.25, 0.3) is 0 Å². The lowest BCUT2D eigenvalue weighted by molar-refractivity contribution is -0.0430. The third-order valence-electron chi connectivity index (χ3n) is 15.6. The van der Waals surface area contributed by atoms with Crippen LogP contribution in [0.25, 0.3) is 67.1 Å². The second-order valence-corrected chi connectivity index (χ2v) is 19.5. The van der Waals surface area contributed by atoms with Gasteiger partial charge in [-0.05, 0) is 108 Å². The van der Waals surface area contributed by atoms with E-state index in [1.807, 2.05) is 50.2 Å². The monoisotopic (exact) mass is 976 g/mol. The maximum atomic E-state index is 15.2. The topological polar surface area (TPSA) is 192 Å². The smallest absolute Gasteiger partial charge is 0.322 e. The molecule has 2 atom stereocenters. The highest BCUT2D eigenvalue weighted by atomic mass is 19.1. The van der Waals surface area contributed by atoms with Crippen molar-refractivity contribution in [1.29, 1.82) is 0 Å². The van der Waals surface area contributed by atoms with Crippen LogP contribution < -0.4 is 0 Å². The molecule has 0 radical (unpaired) electrons. The number of phenolic OH excluding ortho intramolecular Hbond substituents is 2. The first-order valence-corrected chi connectivity index (χ1v) is 25.1. The molecule has 2 amide bonds. The molecule has 4 aromatic carbocycles. The lowest BCUT2D eigenvalue weighted by Crippen LogP contribution is -2.68. The summed E-state index contributed by atoms with van der Waals surface area (Å²) in [7, 11) is 0. The summed E-state index contributed by atoms with van der Waals surface area (Å²) in [4.78, 5) is 46.3. The van der Waals surface area contributed by atoms with E-state index in [2.05, 4.69) is 73.6 Å². The Morgan fingerprint density at radius 2 is 1.06 bits per heavy atom. The van der Waals surface area contributed by atoms with E-state index >= 15 is 4.79 Å². The fourth-order valence-electron chi connectivity index (χ4n) is 11.5. The van der Waals surface area contributed by atoms with Gasteiger partial charge in [0.05, 0.1) is 33.8 Å². The molecule has 19 heteroatoms. The van der Waals surface area contributed by atoms with E-state index < -0.39 is 11.6 Å². The van der Waals surface area contributed by atoms with E-state index in [9.17, 15) is 19.0 Å². The number of aryl methyl sites for hydroxylation is 2. The van der Waals surface area contributed by atoms with Crippen molar-refractivity contribution in [2.75, 3.05) is 52.4 Å². The van der Waals surface area contributed by atoms with Gasteiger partial charge in [-0.25, -0.2) is 23.5 Å². The number of hydrogen-bond acceptors (Lipinski definition) is 11. The minimum Gasteiger partial charge on any atom is -0.505 e. The van der Waals surface area contributed by atoms with Crippen molar-refractivity contribution in [2.24, 2.45) is 0 Å². The number of H-pyrrole nitrogens is 4. The number of piperazine rings is 2. The first-order chi connectivity index (χ1) is 35.0. The van der Waals surface area contributed by atoms with Crippen molar-refractivity contribution < 1.29 is 23.8 Å². The van der Waals surface area contributed by atoms with E-state index in [0.29, 0.717) is 75.1 Å². The second kappa shape index (κ2) is 18.1. The SMILES string of the molecule is CCc1cc(O)c(F)cc1-c1ccc2c(-c3nc4c([nH]3)CN(C3CN(CC)CCN3C(=O)N3CCN(CC)CC3N3Cc5nc(-c6n[nH]c7cc(-c8cc(F)c(O)cc8CC)ccc67)[nH]c5C3)C4)n[nH]c2c1. The van der Waals surface area contributed by atoms with Gasteiger partial charge in [-0.1, -0.05) is 39.8 Å². The lowest BCUT2D eigenvalue weighted by atomic mass is 9.96. The highest BCUT2D eigenvalue weighted by Crippen LogP contribution is 2.38. The molecule has 4 aliphatic rings. The number of aromatic nitrogens is 8. The highest BCUT2D eigenvalue weighted by molar-refractivity contribution is 5.95. The maximum absolute atomic E-state index is 15.2. The molecule has 72 heavy (non-hydrogen) atoms. The van der Waals surface area contributed by atoms with Gasteiger partial charge in [0, 0.05) is 76.2 Å². The number of phenols is 2. The zero-order chi connectivity index (χ0) is 49.5. The summed E-state index contributed by atoms with van der Waals surface area (Å²) in [5.74, 6) is -0.665. The summed E-state index contributed by atoms with van der Waals surface area (Å²) in [6.45, 7) is 16.8. The fraction of sp³-hybridized carbons (Fsp3) is 0.377. The molecule has 12 rings (SSSR count). The Hall–Kier alpha value is -7.19. The molecule has 4 aromatic heterocycles. The number of aromatic amines is 4. The first kappa shape index (κ1) is 45.9. The number of imidazole rings is 2. The second-order valence-electron chi connectivity index (χ2n) is 19.5. The van der Waals surface area contributed by atoms with Crippen molar-refractivity contribution in [3.63, 3.8) is 0 Å². The third-order valence-corrected chi connectivity index (χ3v) is 15.6. The van der Waals surface area contributed by atoms with Crippen LogP contribution in [0.4, 0.5) is 13.6 Å². The number of carbonyl (C=O) groups excluding carboxylic acids is 1. The lowest BCUT2D eigenvalue weighted by Gasteiger charge is -2.50. The van der Waals surface area contributed by atoms with Gasteiger partial charge in [-0.15, -0.1) is 0 Å². The number of halogens is 2. The minimum absolute atomic E-state index is 0.0526. The molecule has 2 fully saturated rings. The Morgan fingerprint density at radius 1 is 0.611 bits per heavy atom. The summed E-state index contributed by atoms with van der Waals surface area (Å²) in [5.41, 5.74) is 11.7. The number of aromatic hydroxyl groups is 2. The number of likely N-dealkylation sites (N-methyl/N-ethyl adjacent to an activating group) is 2. The van der Waals surface area contributed by atoms with Crippen LogP contribution in [-0.4, -0.2) is 151 Å². The molecule has 0 bridgehead atoms. The molecular weight excluding hydrogens is 919 g/mol. The molecule has 0 spiro atoms. The summed E-state index contributed by atoms with van der Waals surface area (Å²) >= 11 is 0. The summed E-state index contributed by atoms with van der Waals surface area (Å²) < 4.78 is 28.9. The number of nitrogens with one attached hydrogen (secondary N) is 4. The van der Waals surface area contributed by atoms with E-state index in [-0.39, 0.29) is 29.9 Å². The molecule has 2 unspecified atom stereocenters. The fourth-order valence-corrected chi connectivity index (χ4v) is 11.5. The van der Waals surface area contributed by atoms with Crippen LogP contribution >= 0.6 is 0 Å². The zero-order valence-corrected chi connectivity index (χ0v) is 40.9. The first-order valence-electron chi connectivity index (χ1n) is 25.1. The van der Waals surface area contributed by atoms with Crippen LogP contribution in [0.1, 0.15) is 61.6 Å². The van der Waals surface area contributed by atoms with Crippen LogP contribution in [0.15, 0.2) is 60.7 Å². The van der Waals surface area contributed by atoms with Crippen LogP contribution in [0, 0.1) is 11.6 Å². The Balaban J connectivity index is 0.753. The highest BCUT2D eigenvalue weighted by Gasteiger charge is 2.44. The van der Waals surface area contributed by atoms with Crippen molar-refractivity contribution in [2.45, 2.75) is 79.0 Å². The molecule has 17 nitrogen and oxygen atoms in total. The summed E-state index contributed by atoms with van der Waals surface area (Å²) in [6.07, 6.45) is 0.973. The van der Waals surface area contributed by atoms with E-state index in [4.69, 9.17) is 9.97 Å². The Bertz CT molecular complexity index is 3130. The van der Waals surface area contributed by atoms with Crippen molar-refractivity contribution in [1.82, 2.24) is 69.7 Å². The van der Waals surface area contributed by atoms with Gasteiger partial charge in [0.15, 0.2) is 34.8 Å². The predicted molar refractivity (Wildman–Crippen MR) is 269 cm³/mol. The van der Waals surface area contributed by atoms with Gasteiger partial charge in [-0.2, -0.15) is 10.2 Å². The maximum Gasteiger partial charge on any atom is 0.322 e. The van der Waals surface area contributed by atoms with Crippen molar-refractivity contribution >= 4 is 27.8 Å². The Morgan fingerprint density at radius 3 is 1.46 bits per heavy atom. The van der Waals surface area contributed by atoms with Crippen molar-refractivity contribution in [3.8, 4) is 56.8 Å². The average molecular weight is 977 g/mol. The number of amides is 2. The molecular formula is C53H58F2N14O3. The minimum atomic E-state index is -0.654. The largest absolute Gasteiger partial charge is 0.505 e. The molecule has 8 aromatic rings. The van der Waals surface area contributed by atoms with Crippen LogP contribution in [0.2, 0.25) is 0 Å². The Kier molecular flexibility index (Phi) is 11.6. The van der Waals surface area contributed by atoms with Crippen molar-refractivity contribution in [3.05, 3.63) is 106 Å². The third kappa shape index (κ3) is 7.85. The zero-order valence-electron chi connectivity index (χ0n) is 40.9. The van der Waals surface area contributed by atoms with Crippen LogP contribution in [0.5, 0.6) is 11.5 Å². The molecule has 372 valence electrons. The number of benzene rings is 4. The number of nitrogens with zero attached hydrogens (tertiary/aromatic N) is 10. The Labute approximate surface area is 414 Å². The normalized spacial score (nSPS) is 19.1. The summed E-state index contributed by atoms with van der Waals surface area (Å²) in [5, 5.41) is 37.4. The van der Waals surface area contributed by atoms with Crippen LogP contribution in [0.3, 0.4) is 0 Å². The molecule has 0 saturated carbocycles. The standard InChI is InChI=1S/C53H58F2N14O3/c1-5-29-19-45(70)37(54)21-35(29)31-9-11-33-39(17-31)60-62-49(33)51-56-41-23-66(24-42(41)57-51)47-27-64(7-3)13-15-68(47)53(72)69-16-14-65(8-4)28-48(69)67-25-43-44(26-67)59-52(58-43)50-34-12-10-32(18-40(34)61-63-50)36-22-38(55)46(71)20-30(36)6-2/h9-12,17-22,47-48,70-71H,5-8,13-16,23-28H2,1-4H3,(H,56,57)(H,58,59)(H,60,62)(H,61,63). The molecule has 6 N–H and O–H groups in total. The van der Waals surface area contributed by atoms with Crippen LogP contribution in [-0.2, 0) is 39.0 Å². The number of rotatable bonds is 10.